The summed E-state index contributed by atoms with van der Waals surface area (Å²) in [6, 6.07) is 3.98. The number of ether oxygens (including phenoxy) is 1. The van der Waals surface area contributed by atoms with Crippen LogP contribution in [0.3, 0.4) is 0 Å². The molecule has 0 aromatic heterocycles. The lowest BCUT2D eigenvalue weighted by atomic mass is 10.0. The van der Waals surface area contributed by atoms with Crippen molar-refractivity contribution in [3.05, 3.63) is 23.8 Å². The standard InChI is InChI=1S/C20H31N6O4P.C4H10.C2H6/c1-23-17(27)16-18(28)25-13(5-4-9-24-20(21)22)19(29)26(16)10-8-12-6-7-15(31-3)14(11-12)30-2;1-3-4-2;1-2/h6-7,11,13,16,31H,4-5,8-10H2,1-3H3,(H,23,27)(H,25,28)(H4,21,22,24);3-4H2,1-2H3;1-2H3. The number of carbonyl (C=O) groups is 3. The molecule has 2 rings (SSSR count). The molecule has 1 aromatic rings. The second kappa shape index (κ2) is 19.3. The SMILES string of the molecule is CC.CCCC.CNC(=O)C1C(=O)NC(CCCN=C(N)N)C(=O)N1CCc1ccc(PC)c(OC)c1. The maximum atomic E-state index is 13.1. The number of aliphatic imine (C=N–C) groups is 1. The van der Waals surface area contributed by atoms with E-state index in [1.807, 2.05) is 32.0 Å². The number of carbonyl (C=O) groups excluding carboxylic acids is 3. The number of hydrogen-bond acceptors (Lipinski definition) is 5. The minimum absolute atomic E-state index is 0.0228. The van der Waals surface area contributed by atoms with Gasteiger partial charge in [-0.2, -0.15) is 0 Å². The number of nitrogens with zero attached hydrogens (tertiary/aromatic N) is 2. The number of likely N-dealkylation sites (N-methyl/N-ethyl adjacent to an activating group) is 1. The van der Waals surface area contributed by atoms with Crippen molar-refractivity contribution in [2.75, 3.05) is 33.9 Å². The van der Waals surface area contributed by atoms with Crippen molar-refractivity contribution in [3.8, 4) is 5.75 Å². The van der Waals surface area contributed by atoms with Crippen molar-refractivity contribution < 1.29 is 19.1 Å². The van der Waals surface area contributed by atoms with Gasteiger partial charge >= 0.3 is 0 Å². The van der Waals surface area contributed by atoms with Gasteiger partial charge in [-0.3, -0.25) is 19.4 Å². The summed E-state index contributed by atoms with van der Waals surface area (Å²) in [5.74, 6) is -0.542. The zero-order valence-electron chi connectivity index (χ0n) is 23.5. The molecule has 0 aliphatic carbocycles. The molecule has 210 valence electrons. The molecule has 0 saturated carbocycles. The Morgan fingerprint density at radius 3 is 2.38 bits per heavy atom. The molecule has 1 aliphatic rings. The van der Waals surface area contributed by atoms with Crippen molar-refractivity contribution in [3.63, 3.8) is 0 Å². The molecule has 3 atom stereocenters. The highest BCUT2D eigenvalue weighted by Gasteiger charge is 2.43. The van der Waals surface area contributed by atoms with Crippen molar-refractivity contribution in [2.45, 2.75) is 71.9 Å². The Morgan fingerprint density at radius 2 is 1.86 bits per heavy atom. The summed E-state index contributed by atoms with van der Waals surface area (Å²) in [4.78, 5) is 43.3. The number of amides is 3. The van der Waals surface area contributed by atoms with E-state index in [0.29, 0.717) is 34.4 Å². The van der Waals surface area contributed by atoms with Gasteiger partial charge in [0.1, 0.15) is 11.8 Å². The fraction of sp³-hybridized carbons (Fsp3) is 0.615. The average molecular weight is 539 g/mol. The highest BCUT2D eigenvalue weighted by Crippen LogP contribution is 2.20. The Kier molecular flexibility index (Phi) is 17.8. The van der Waals surface area contributed by atoms with Crippen molar-refractivity contribution >= 4 is 37.6 Å². The van der Waals surface area contributed by atoms with E-state index in [4.69, 9.17) is 16.2 Å². The van der Waals surface area contributed by atoms with Gasteiger partial charge in [0.05, 0.1) is 7.11 Å². The lowest BCUT2D eigenvalue weighted by Gasteiger charge is -2.38. The first-order valence-corrected chi connectivity index (χ1v) is 14.5. The number of unbranched alkanes of at least 4 members (excludes halogenated alkanes) is 1. The van der Waals surface area contributed by atoms with Gasteiger partial charge in [-0.05, 0) is 37.6 Å². The molecule has 3 amide bonds. The van der Waals surface area contributed by atoms with Crippen LogP contribution in [0.25, 0.3) is 0 Å². The highest BCUT2D eigenvalue weighted by molar-refractivity contribution is 7.46. The Bertz CT molecular complexity index is 875. The normalized spacial score (nSPS) is 16.7. The molecule has 0 spiro atoms. The minimum atomic E-state index is -1.20. The van der Waals surface area contributed by atoms with E-state index < -0.39 is 23.9 Å². The van der Waals surface area contributed by atoms with Gasteiger partial charge in [0, 0.05) is 25.4 Å². The molecular formula is C26H47N6O4P. The topological polar surface area (TPSA) is 152 Å². The molecule has 3 unspecified atom stereocenters. The Labute approximate surface area is 224 Å². The number of rotatable bonds is 11. The minimum Gasteiger partial charge on any atom is -0.496 e. The molecule has 1 heterocycles. The van der Waals surface area contributed by atoms with Gasteiger partial charge in [0.2, 0.25) is 5.91 Å². The highest BCUT2D eigenvalue weighted by atomic mass is 31.1. The van der Waals surface area contributed by atoms with Crippen molar-refractivity contribution in [1.29, 1.82) is 0 Å². The van der Waals surface area contributed by atoms with Gasteiger partial charge < -0.3 is 31.7 Å². The van der Waals surface area contributed by atoms with E-state index in [9.17, 15) is 14.4 Å². The summed E-state index contributed by atoms with van der Waals surface area (Å²) < 4.78 is 5.44. The Hall–Kier alpha value is -2.87. The van der Waals surface area contributed by atoms with Gasteiger partial charge in [-0.15, -0.1) is 0 Å². The van der Waals surface area contributed by atoms with Crippen molar-refractivity contribution in [2.24, 2.45) is 16.5 Å². The van der Waals surface area contributed by atoms with E-state index in [1.54, 1.807) is 7.11 Å². The van der Waals surface area contributed by atoms with Crippen LogP contribution in [0.15, 0.2) is 23.2 Å². The molecule has 11 heteroatoms. The number of nitrogens with one attached hydrogen (secondary N) is 2. The average Bonchev–Trinajstić information content (AvgIpc) is 2.92. The third kappa shape index (κ3) is 11.4. The molecular weight excluding hydrogens is 491 g/mol. The van der Waals surface area contributed by atoms with Crippen LogP contribution in [0, 0.1) is 0 Å². The molecule has 1 aliphatic heterocycles. The van der Waals surface area contributed by atoms with Crippen LogP contribution >= 0.6 is 8.58 Å². The van der Waals surface area contributed by atoms with Crippen LogP contribution in [0.2, 0.25) is 0 Å². The molecule has 6 N–H and O–H groups in total. The molecule has 1 aromatic carbocycles. The van der Waals surface area contributed by atoms with E-state index in [2.05, 4.69) is 36.1 Å². The smallest absolute Gasteiger partial charge is 0.253 e. The zero-order valence-corrected chi connectivity index (χ0v) is 24.5. The van der Waals surface area contributed by atoms with E-state index in [0.717, 1.165) is 16.6 Å². The number of hydrogen-bond donors (Lipinski definition) is 4. The molecule has 37 heavy (non-hydrogen) atoms. The first-order valence-electron chi connectivity index (χ1n) is 13.0. The summed E-state index contributed by atoms with van der Waals surface area (Å²) in [7, 11) is 3.66. The van der Waals surface area contributed by atoms with Gasteiger partial charge in [-0.1, -0.05) is 61.3 Å². The van der Waals surface area contributed by atoms with Gasteiger partial charge in [0.15, 0.2) is 12.0 Å². The van der Waals surface area contributed by atoms with Crippen LogP contribution in [-0.4, -0.2) is 74.6 Å². The molecule has 1 saturated heterocycles. The van der Waals surface area contributed by atoms with Crippen molar-refractivity contribution in [1.82, 2.24) is 15.5 Å². The van der Waals surface area contributed by atoms with E-state index in [-0.39, 0.29) is 18.4 Å². The van der Waals surface area contributed by atoms with Crippen LogP contribution in [0.5, 0.6) is 5.75 Å². The number of guanidine groups is 1. The first kappa shape index (κ1) is 34.1. The summed E-state index contributed by atoms with van der Waals surface area (Å²) in [6.07, 6.45) is 4.01. The summed E-state index contributed by atoms with van der Waals surface area (Å²) in [5.41, 5.74) is 11.6. The lowest BCUT2D eigenvalue weighted by Crippen LogP contribution is -2.67. The summed E-state index contributed by atoms with van der Waals surface area (Å²) in [5, 5.41) is 6.24. The van der Waals surface area contributed by atoms with E-state index in [1.165, 1.54) is 24.8 Å². The predicted octanol–water partition coefficient (Wildman–Crippen LogP) is 1.50. The monoisotopic (exact) mass is 538 g/mol. The zero-order chi connectivity index (χ0) is 28.4. The lowest BCUT2D eigenvalue weighted by molar-refractivity contribution is -0.154. The van der Waals surface area contributed by atoms with Crippen LogP contribution in [-0.2, 0) is 20.8 Å². The summed E-state index contributed by atoms with van der Waals surface area (Å²) >= 11 is 0. The first-order chi connectivity index (χ1) is 17.7. The second-order valence-corrected chi connectivity index (χ2v) is 9.13. The predicted molar refractivity (Wildman–Crippen MR) is 154 cm³/mol. The third-order valence-corrected chi connectivity index (χ3v) is 6.53. The molecule has 10 nitrogen and oxygen atoms in total. The fourth-order valence-corrected chi connectivity index (χ4v) is 4.14. The Balaban J connectivity index is 0.00000196. The number of piperazine rings is 1. The molecule has 0 radical (unpaired) electrons. The largest absolute Gasteiger partial charge is 0.496 e. The number of methoxy groups -OCH3 is 1. The number of benzene rings is 1. The maximum Gasteiger partial charge on any atom is 0.253 e. The molecule has 0 bridgehead atoms. The summed E-state index contributed by atoms with van der Waals surface area (Å²) in [6.45, 7) is 11.0. The second-order valence-electron chi connectivity index (χ2n) is 8.09. The van der Waals surface area contributed by atoms with Crippen LogP contribution in [0.4, 0.5) is 0 Å². The fourth-order valence-electron chi connectivity index (χ4n) is 3.46. The van der Waals surface area contributed by atoms with Gasteiger partial charge in [0.25, 0.3) is 11.8 Å². The van der Waals surface area contributed by atoms with Crippen LogP contribution < -0.4 is 32.1 Å². The third-order valence-electron chi connectivity index (χ3n) is 5.57. The maximum absolute atomic E-state index is 13.1. The number of nitrogens with two attached hydrogens (primary N) is 2. The van der Waals surface area contributed by atoms with Crippen LogP contribution in [0.1, 0.15) is 58.9 Å². The quantitative estimate of drug-likeness (QED) is 0.110. The molecule has 1 fully saturated rings. The van der Waals surface area contributed by atoms with E-state index >= 15 is 0 Å². The Morgan fingerprint density at radius 1 is 1.22 bits per heavy atom. The van der Waals surface area contributed by atoms with Gasteiger partial charge in [-0.25, -0.2) is 0 Å².